The molecule has 0 amide bonds. The molecule has 110 valence electrons. The maximum absolute atomic E-state index is 11.8. The zero-order chi connectivity index (χ0) is 15.8. The summed E-state index contributed by atoms with van der Waals surface area (Å²) in [6, 6.07) is 4.76. The summed E-state index contributed by atoms with van der Waals surface area (Å²) in [6.45, 7) is 7.32. The molecule has 0 atom stereocenters. The molecule has 0 unspecified atom stereocenters. The molecular weight excluding hydrogens is 272 g/mol. The summed E-state index contributed by atoms with van der Waals surface area (Å²) < 4.78 is 5.12. The molecule has 0 fully saturated rings. The molecule has 6 heteroatoms. The van der Waals surface area contributed by atoms with E-state index < -0.39 is 10.9 Å². The van der Waals surface area contributed by atoms with Crippen LogP contribution in [0.2, 0.25) is 0 Å². The number of nitro benzene ring substituents is 1. The molecule has 6 nitrogen and oxygen atoms in total. The number of carbonyl (C=O) groups excluding carboxylic acids is 1. The lowest BCUT2D eigenvalue weighted by atomic mass is 9.97. The van der Waals surface area contributed by atoms with E-state index in [1.807, 2.05) is 20.8 Å². The van der Waals surface area contributed by atoms with Gasteiger partial charge in [-0.05, 0) is 18.6 Å². The number of hydrogen-bond acceptors (Lipinski definition) is 5. The van der Waals surface area contributed by atoms with Crippen molar-refractivity contribution < 1.29 is 14.5 Å². The minimum Gasteiger partial charge on any atom is -0.406 e. The molecule has 0 spiro atoms. The van der Waals surface area contributed by atoms with E-state index >= 15 is 0 Å². The summed E-state index contributed by atoms with van der Waals surface area (Å²) >= 11 is 0. The highest BCUT2D eigenvalue weighted by Gasteiger charge is 2.31. The van der Waals surface area contributed by atoms with Gasteiger partial charge in [-0.1, -0.05) is 32.9 Å². The average Bonchev–Trinajstić information content (AvgIpc) is 2.73. The summed E-state index contributed by atoms with van der Waals surface area (Å²) in [6.07, 6.45) is 1.49. The summed E-state index contributed by atoms with van der Waals surface area (Å²) in [7, 11) is 0. The fraction of sp³-hybridized carbons (Fsp3) is 0.333. The number of ether oxygens (including phenoxy) is 1. The first-order chi connectivity index (χ1) is 9.68. The number of cyclic esters (lactones) is 1. The van der Waals surface area contributed by atoms with Gasteiger partial charge in [-0.3, -0.25) is 10.1 Å². The number of benzene rings is 1. The van der Waals surface area contributed by atoms with Crippen LogP contribution in [0, 0.1) is 22.5 Å². The van der Waals surface area contributed by atoms with E-state index in [1.165, 1.54) is 12.1 Å². The van der Waals surface area contributed by atoms with Gasteiger partial charge in [-0.15, -0.1) is 0 Å². The number of rotatable bonds is 2. The minimum absolute atomic E-state index is 0.00994. The lowest BCUT2D eigenvalue weighted by molar-refractivity contribution is -0.385. The second-order valence-corrected chi connectivity index (χ2v) is 5.89. The highest BCUT2D eigenvalue weighted by Crippen LogP contribution is 2.27. The van der Waals surface area contributed by atoms with E-state index in [2.05, 4.69) is 4.99 Å². The predicted molar refractivity (Wildman–Crippen MR) is 78.8 cm³/mol. The minimum atomic E-state index is -0.539. The van der Waals surface area contributed by atoms with Crippen LogP contribution in [0.3, 0.4) is 0 Å². The number of esters is 1. The molecule has 0 aromatic heterocycles. The third-order valence-corrected chi connectivity index (χ3v) is 3.00. The number of hydrogen-bond donors (Lipinski definition) is 0. The van der Waals surface area contributed by atoms with Crippen LogP contribution < -0.4 is 0 Å². The lowest BCUT2D eigenvalue weighted by Crippen LogP contribution is -2.21. The van der Waals surface area contributed by atoms with Crippen molar-refractivity contribution in [3.63, 3.8) is 0 Å². The Bertz CT molecular complexity index is 681. The van der Waals surface area contributed by atoms with Crippen LogP contribution in [-0.2, 0) is 9.53 Å². The standard InChI is InChI=1S/C15H16N2O4/c1-9-5-6-10(8-12(9)17(19)20)7-11-13(18)21-14(16-11)15(2,3)4/h5-8H,1-4H3/b11-7-. The van der Waals surface area contributed by atoms with E-state index in [0.717, 1.165) is 0 Å². The van der Waals surface area contributed by atoms with Gasteiger partial charge in [0.2, 0.25) is 5.90 Å². The van der Waals surface area contributed by atoms with E-state index in [9.17, 15) is 14.9 Å². The second kappa shape index (κ2) is 5.12. The number of aryl methyl sites for hydroxylation is 1. The monoisotopic (exact) mass is 288 g/mol. The molecule has 0 saturated carbocycles. The van der Waals surface area contributed by atoms with Gasteiger partial charge in [0.25, 0.3) is 5.69 Å². The van der Waals surface area contributed by atoms with E-state index in [4.69, 9.17) is 4.74 Å². The zero-order valence-corrected chi connectivity index (χ0v) is 12.3. The normalized spacial score (nSPS) is 16.9. The molecule has 0 N–H and O–H groups in total. The van der Waals surface area contributed by atoms with Gasteiger partial charge in [-0.2, -0.15) is 0 Å². The van der Waals surface area contributed by atoms with E-state index in [-0.39, 0.29) is 16.8 Å². The molecule has 1 aromatic carbocycles. The molecule has 0 radical (unpaired) electrons. The quantitative estimate of drug-likeness (QED) is 0.362. The molecule has 0 bridgehead atoms. The zero-order valence-electron chi connectivity index (χ0n) is 12.3. The summed E-state index contributed by atoms with van der Waals surface area (Å²) in [5.41, 5.74) is 0.895. The van der Waals surface area contributed by atoms with Gasteiger partial charge in [0.05, 0.1) is 4.92 Å². The Hall–Kier alpha value is -2.50. The predicted octanol–water partition coefficient (Wildman–Crippen LogP) is 3.25. The van der Waals surface area contributed by atoms with Crippen LogP contribution in [0.5, 0.6) is 0 Å². The number of carbonyl (C=O) groups is 1. The molecular formula is C15H16N2O4. The number of aliphatic imine (C=N–C) groups is 1. The van der Waals surface area contributed by atoms with Gasteiger partial charge in [0.15, 0.2) is 5.70 Å². The van der Waals surface area contributed by atoms with Gasteiger partial charge >= 0.3 is 5.97 Å². The average molecular weight is 288 g/mol. The third-order valence-electron chi connectivity index (χ3n) is 3.00. The largest absolute Gasteiger partial charge is 0.406 e. The maximum atomic E-state index is 11.8. The molecule has 1 aliphatic heterocycles. The molecule has 1 aliphatic rings. The van der Waals surface area contributed by atoms with Crippen LogP contribution in [-0.4, -0.2) is 16.8 Å². The molecule has 1 heterocycles. The van der Waals surface area contributed by atoms with Gasteiger partial charge < -0.3 is 4.74 Å². The van der Waals surface area contributed by atoms with Crippen molar-refractivity contribution in [3.8, 4) is 0 Å². The van der Waals surface area contributed by atoms with Crippen LogP contribution >= 0.6 is 0 Å². The SMILES string of the molecule is Cc1ccc(/C=C2\N=C(C(C)(C)C)OC2=O)cc1[N+](=O)[O-]. The first kappa shape index (κ1) is 14.9. The van der Waals surface area contributed by atoms with Crippen LogP contribution in [0.25, 0.3) is 6.08 Å². The van der Waals surface area contributed by atoms with Crippen molar-refractivity contribution in [2.45, 2.75) is 27.7 Å². The van der Waals surface area contributed by atoms with Crippen LogP contribution in [0.1, 0.15) is 31.9 Å². The highest BCUT2D eigenvalue weighted by atomic mass is 16.6. The Morgan fingerprint density at radius 1 is 1.33 bits per heavy atom. The van der Waals surface area contributed by atoms with Gasteiger partial charge in [0.1, 0.15) is 0 Å². The van der Waals surface area contributed by atoms with Crippen LogP contribution in [0.4, 0.5) is 5.69 Å². The Kier molecular flexibility index (Phi) is 3.63. The summed E-state index contributed by atoms with van der Waals surface area (Å²) in [4.78, 5) is 26.4. The number of nitro groups is 1. The van der Waals surface area contributed by atoms with Crippen LogP contribution in [0.15, 0.2) is 28.9 Å². The van der Waals surface area contributed by atoms with Gasteiger partial charge in [-0.25, -0.2) is 9.79 Å². The maximum Gasteiger partial charge on any atom is 0.363 e. The summed E-state index contributed by atoms with van der Waals surface area (Å²) in [5, 5.41) is 10.9. The second-order valence-electron chi connectivity index (χ2n) is 5.89. The van der Waals surface area contributed by atoms with Crippen molar-refractivity contribution in [1.82, 2.24) is 0 Å². The molecule has 1 aromatic rings. The fourth-order valence-corrected chi connectivity index (χ4v) is 1.80. The van der Waals surface area contributed by atoms with E-state index in [0.29, 0.717) is 17.0 Å². The Balaban J connectivity index is 2.41. The smallest absolute Gasteiger partial charge is 0.363 e. The molecule has 0 saturated heterocycles. The van der Waals surface area contributed by atoms with Crippen molar-refractivity contribution >= 4 is 23.6 Å². The van der Waals surface area contributed by atoms with Crippen molar-refractivity contribution in [2.24, 2.45) is 10.4 Å². The third kappa shape index (κ3) is 3.16. The topological polar surface area (TPSA) is 81.8 Å². The van der Waals surface area contributed by atoms with E-state index in [1.54, 1.807) is 19.1 Å². The highest BCUT2D eigenvalue weighted by molar-refractivity contribution is 6.08. The van der Waals surface area contributed by atoms with Gasteiger partial charge in [0, 0.05) is 17.0 Å². The molecule has 21 heavy (non-hydrogen) atoms. The first-order valence-electron chi connectivity index (χ1n) is 6.46. The Morgan fingerprint density at radius 3 is 2.52 bits per heavy atom. The Morgan fingerprint density at radius 2 is 2.00 bits per heavy atom. The molecule has 0 aliphatic carbocycles. The summed E-state index contributed by atoms with van der Waals surface area (Å²) in [5.74, 6) is -0.191. The number of nitrogens with zero attached hydrogens (tertiary/aromatic N) is 2. The first-order valence-corrected chi connectivity index (χ1v) is 6.46. The van der Waals surface area contributed by atoms with Crippen molar-refractivity contribution in [2.75, 3.05) is 0 Å². The molecule has 2 rings (SSSR count). The fourth-order valence-electron chi connectivity index (χ4n) is 1.80. The Labute approximate surface area is 122 Å². The lowest BCUT2D eigenvalue weighted by Gasteiger charge is -2.15. The van der Waals surface area contributed by atoms with Crippen molar-refractivity contribution in [1.29, 1.82) is 0 Å². The van der Waals surface area contributed by atoms with Crippen molar-refractivity contribution in [3.05, 3.63) is 45.1 Å².